The van der Waals surface area contributed by atoms with E-state index in [0.717, 1.165) is 25.2 Å². The summed E-state index contributed by atoms with van der Waals surface area (Å²) in [6.45, 7) is 5.13. The topological polar surface area (TPSA) is 84.2 Å². The maximum Gasteiger partial charge on any atom is 0.290 e. The molecule has 2 saturated heterocycles. The molecule has 0 spiro atoms. The molecule has 3 aromatic rings. The molecule has 4 heterocycles. The van der Waals surface area contributed by atoms with E-state index in [9.17, 15) is 10.1 Å². The van der Waals surface area contributed by atoms with E-state index in [1.807, 2.05) is 29.2 Å². The average Bonchev–Trinajstić information content (AvgIpc) is 3.01. The van der Waals surface area contributed by atoms with Crippen LogP contribution in [0.1, 0.15) is 35.7 Å². The number of hydrogen-bond donors (Lipinski definition) is 0. The van der Waals surface area contributed by atoms with Crippen molar-refractivity contribution in [1.29, 1.82) is 0 Å². The minimum absolute atomic E-state index is 0.130. The van der Waals surface area contributed by atoms with Crippen molar-refractivity contribution in [3.8, 4) is 0 Å². The summed E-state index contributed by atoms with van der Waals surface area (Å²) in [6.07, 6.45) is 3.00. The fraction of sp³-hybridized carbons (Fsp3) is 0.387. The van der Waals surface area contributed by atoms with Gasteiger partial charge in [0.25, 0.3) is 5.70 Å². The average molecular weight is 542 g/mol. The maximum absolute atomic E-state index is 12.4. The molecule has 9 heteroatoms. The van der Waals surface area contributed by atoms with Crippen LogP contribution in [0.15, 0.2) is 84.7 Å². The molecule has 2 fully saturated rings. The van der Waals surface area contributed by atoms with E-state index in [2.05, 4.69) is 63.3 Å². The fourth-order valence-electron chi connectivity index (χ4n) is 6.04. The van der Waals surface area contributed by atoms with Crippen LogP contribution in [0.2, 0.25) is 0 Å². The lowest BCUT2D eigenvalue weighted by Crippen LogP contribution is -2.48. The van der Waals surface area contributed by atoms with Crippen LogP contribution in [-0.4, -0.2) is 78.5 Å². The van der Waals surface area contributed by atoms with Gasteiger partial charge < -0.3 is 19.3 Å². The number of hydrogen-bond acceptors (Lipinski definition) is 8. The molecule has 9 nitrogen and oxygen atoms in total. The minimum Gasteiger partial charge on any atom is -0.362 e. The van der Waals surface area contributed by atoms with Gasteiger partial charge in [0.05, 0.1) is 29.9 Å². The van der Waals surface area contributed by atoms with E-state index < -0.39 is 0 Å². The molecular weight excluding hydrogens is 506 g/mol. The van der Waals surface area contributed by atoms with Gasteiger partial charge in [-0.05, 0) is 29.7 Å². The lowest BCUT2D eigenvalue weighted by atomic mass is 9.96. The molecule has 0 saturated carbocycles. The summed E-state index contributed by atoms with van der Waals surface area (Å²) in [4.78, 5) is 23.6. The van der Waals surface area contributed by atoms with Crippen LogP contribution in [-0.2, 0) is 9.47 Å². The smallest absolute Gasteiger partial charge is 0.290 e. The molecule has 0 radical (unpaired) electrons. The van der Waals surface area contributed by atoms with E-state index in [1.165, 1.54) is 11.1 Å². The molecule has 40 heavy (non-hydrogen) atoms. The Hall–Kier alpha value is -3.79. The summed E-state index contributed by atoms with van der Waals surface area (Å²) in [5.41, 5.74) is 4.96. The van der Waals surface area contributed by atoms with Crippen LogP contribution in [0.3, 0.4) is 0 Å². The van der Waals surface area contributed by atoms with Crippen LogP contribution in [0, 0.1) is 10.1 Å². The number of ether oxygens (including phenoxy) is 2. The first-order valence-corrected chi connectivity index (χ1v) is 14.1. The van der Waals surface area contributed by atoms with Gasteiger partial charge in [-0.25, -0.2) is 0 Å². The molecule has 6 rings (SSSR count). The van der Waals surface area contributed by atoms with E-state index in [4.69, 9.17) is 9.47 Å². The van der Waals surface area contributed by atoms with Crippen LogP contribution in [0.25, 0.3) is 5.70 Å². The number of benzene rings is 2. The van der Waals surface area contributed by atoms with Gasteiger partial charge in [-0.2, -0.15) is 0 Å². The summed E-state index contributed by atoms with van der Waals surface area (Å²) in [5.74, 6) is 0. The molecule has 3 aliphatic heterocycles. The Bertz CT molecular complexity index is 1280. The molecule has 2 aromatic carbocycles. The van der Waals surface area contributed by atoms with Crippen molar-refractivity contribution in [3.63, 3.8) is 0 Å². The Kier molecular flexibility index (Phi) is 8.04. The number of nitrogens with zero attached hydrogens (tertiary/aromatic N) is 5. The highest BCUT2D eigenvalue weighted by molar-refractivity contribution is 5.78. The zero-order valence-electron chi connectivity index (χ0n) is 22.6. The first-order chi connectivity index (χ1) is 19.7. The van der Waals surface area contributed by atoms with Gasteiger partial charge in [-0.1, -0.05) is 60.7 Å². The Morgan fingerprint density at radius 1 is 0.900 bits per heavy atom. The van der Waals surface area contributed by atoms with Crippen LogP contribution in [0.4, 0.5) is 5.69 Å². The number of nitro groups is 1. The van der Waals surface area contributed by atoms with Crippen molar-refractivity contribution in [3.05, 3.63) is 112 Å². The third-order valence-corrected chi connectivity index (χ3v) is 7.94. The molecule has 208 valence electrons. The highest BCUT2D eigenvalue weighted by Gasteiger charge is 2.37. The monoisotopic (exact) mass is 541 g/mol. The molecule has 1 aromatic heterocycles. The third-order valence-electron chi connectivity index (χ3n) is 7.94. The molecule has 3 aliphatic rings. The van der Waals surface area contributed by atoms with Gasteiger partial charge in [0, 0.05) is 45.3 Å². The van der Waals surface area contributed by atoms with Crippen molar-refractivity contribution in [1.82, 2.24) is 14.8 Å². The Balaban J connectivity index is 1.23. The van der Waals surface area contributed by atoms with E-state index in [1.54, 1.807) is 6.20 Å². The summed E-state index contributed by atoms with van der Waals surface area (Å²) < 4.78 is 11.4. The summed E-state index contributed by atoms with van der Waals surface area (Å²) in [5, 5.41) is 12.4. The summed E-state index contributed by atoms with van der Waals surface area (Å²) in [7, 11) is 0. The Labute approximate surface area is 234 Å². The lowest BCUT2D eigenvalue weighted by Gasteiger charge is -2.42. The van der Waals surface area contributed by atoms with Gasteiger partial charge in [-0.15, -0.1) is 0 Å². The standard InChI is InChI=1S/C31H35N5O4/c37-36(38)27-23-35(16-14-28-39-21-8-22-40-28)26-13-7-15-32-29(26)31(27)34-19-17-33(18-20-34)30(24-9-3-1-4-10-24)25-11-5-2-6-12-25/h1-7,9-13,15,28,30H,8,14,16-23H2. The first kappa shape index (κ1) is 26.4. The van der Waals surface area contributed by atoms with Gasteiger partial charge in [0.15, 0.2) is 6.29 Å². The predicted octanol–water partition coefficient (Wildman–Crippen LogP) is 4.41. The quantitative estimate of drug-likeness (QED) is 0.306. The summed E-state index contributed by atoms with van der Waals surface area (Å²) >= 11 is 0. The van der Waals surface area contributed by atoms with Crippen molar-refractivity contribution in [2.75, 3.05) is 57.4 Å². The van der Waals surface area contributed by atoms with E-state index in [-0.39, 0.29) is 29.5 Å². The predicted molar refractivity (Wildman–Crippen MR) is 153 cm³/mol. The number of anilines is 1. The Morgan fingerprint density at radius 3 is 2.17 bits per heavy atom. The normalized spacial score (nSPS) is 18.7. The number of aromatic nitrogens is 1. The molecular formula is C31H35N5O4. The van der Waals surface area contributed by atoms with Crippen LogP contribution in [0.5, 0.6) is 0 Å². The van der Waals surface area contributed by atoms with Crippen molar-refractivity contribution < 1.29 is 14.4 Å². The highest BCUT2D eigenvalue weighted by Crippen LogP contribution is 2.37. The molecule has 0 atom stereocenters. The van der Waals surface area contributed by atoms with Crippen LogP contribution < -0.4 is 4.90 Å². The molecule has 0 unspecified atom stereocenters. The number of piperazine rings is 1. The van der Waals surface area contributed by atoms with Crippen molar-refractivity contribution in [2.45, 2.75) is 25.2 Å². The lowest BCUT2D eigenvalue weighted by molar-refractivity contribution is -0.425. The Morgan fingerprint density at radius 2 is 1.55 bits per heavy atom. The first-order valence-electron chi connectivity index (χ1n) is 14.1. The van der Waals surface area contributed by atoms with Crippen molar-refractivity contribution in [2.24, 2.45) is 0 Å². The SMILES string of the molecule is O=[N+]([O-])C1=C(N2CCN(C(c3ccccc3)c3ccccc3)CC2)c2ncccc2N(CCC2OCCCO2)C1. The van der Waals surface area contributed by atoms with Gasteiger partial charge in [0.2, 0.25) is 0 Å². The maximum atomic E-state index is 12.4. The molecule has 0 bridgehead atoms. The van der Waals surface area contributed by atoms with Gasteiger partial charge in [-0.3, -0.25) is 20.0 Å². The number of rotatable bonds is 8. The molecule has 0 amide bonds. The summed E-state index contributed by atoms with van der Waals surface area (Å²) in [6, 6.07) is 25.2. The highest BCUT2D eigenvalue weighted by atomic mass is 16.7. The largest absolute Gasteiger partial charge is 0.362 e. The van der Waals surface area contributed by atoms with Gasteiger partial charge >= 0.3 is 0 Å². The van der Waals surface area contributed by atoms with Crippen molar-refractivity contribution >= 4 is 11.4 Å². The minimum atomic E-state index is -0.270. The van der Waals surface area contributed by atoms with E-state index >= 15 is 0 Å². The second-order valence-electron chi connectivity index (χ2n) is 10.4. The second-order valence-corrected chi connectivity index (χ2v) is 10.4. The molecule has 0 N–H and O–H groups in total. The number of fused-ring (bicyclic) bond motifs is 1. The molecule has 0 aliphatic carbocycles. The van der Waals surface area contributed by atoms with Crippen LogP contribution >= 0.6 is 0 Å². The second kappa shape index (κ2) is 12.2. The number of pyridine rings is 1. The van der Waals surface area contributed by atoms with Gasteiger partial charge in [0.1, 0.15) is 17.9 Å². The zero-order valence-corrected chi connectivity index (χ0v) is 22.6. The van der Waals surface area contributed by atoms with E-state index in [0.29, 0.717) is 50.7 Å². The third kappa shape index (κ3) is 5.58. The zero-order chi connectivity index (χ0) is 27.3. The fourth-order valence-corrected chi connectivity index (χ4v) is 6.04.